The molecule has 1 aliphatic heterocycles. The number of rotatable bonds is 5. The van der Waals surface area contributed by atoms with Crippen LogP contribution in [-0.2, 0) is 11.2 Å². The number of aromatic nitrogens is 1. The molecule has 2 aromatic carbocycles. The number of likely N-dealkylation sites (tertiary alicyclic amines) is 1. The number of amides is 2. The fourth-order valence-corrected chi connectivity index (χ4v) is 4.22. The van der Waals surface area contributed by atoms with Gasteiger partial charge in [-0.1, -0.05) is 60.7 Å². The number of thiazole rings is 1. The van der Waals surface area contributed by atoms with Gasteiger partial charge in [-0.3, -0.25) is 9.59 Å². The van der Waals surface area contributed by atoms with Crippen molar-refractivity contribution in [3.8, 4) is 10.6 Å². The number of benzene rings is 2. The minimum Gasteiger partial charge on any atom is -0.369 e. The van der Waals surface area contributed by atoms with E-state index in [9.17, 15) is 9.59 Å². The van der Waals surface area contributed by atoms with E-state index >= 15 is 0 Å². The molecule has 27 heavy (non-hydrogen) atoms. The quantitative estimate of drug-likeness (QED) is 0.743. The smallest absolute Gasteiger partial charge is 0.273 e. The highest BCUT2D eigenvalue weighted by Crippen LogP contribution is 2.35. The second-order valence-corrected chi connectivity index (χ2v) is 7.73. The lowest BCUT2D eigenvalue weighted by Gasteiger charge is -2.47. The summed E-state index contributed by atoms with van der Waals surface area (Å²) in [5.74, 6) is -0.517. The summed E-state index contributed by atoms with van der Waals surface area (Å²) in [7, 11) is 0. The summed E-state index contributed by atoms with van der Waals surface area (Å²) in [6, 6.07) is 19.5. The number of nitrogens with zero attached hydrogens (tertiary/aromatic N) is 2. The third kappa shape index (κ3) is 3.36. The molecule has 6 heteroatoms. The maximum atomic E-state index is 12.8. The molecule has 136 valence electrons. The first-order valence-corrected chi connectivity index (χ1v) is 9.59. The van der Waals surface area contributed by atoms with Crippen LogP contribution in [0, 0.1) is 5.41 Å². The molecule has 1 aliphatic rings. The third-order valence-electron chi connectivity index (χ3n) is 4.93. The van der Waals surface area contributed by atoms with Crippen LogP contribution in [0.1, 0.15) is 16.1 Å². The van der Waals surface area contributed by atoms with Crippen molar-refractivity contribution in [3.63, 3.8) is 0 Å². The van der Waals surface area contributed by atoms with Crippen molar-refractivity contribution in [2.45, 2.75) is 6.42 Å². The number of hydrogen-bond acceptors (Lipinski definition) is 4. The highest BCUT2D eigenvalue weighted by Gasteiger charge is 2.50. The Kier molecular flexibility index (Phi) is 4.49. The lowest BCUT2D eigenvalue weighted by Crippen LogP contribution is -2.64. The Labute approximate surface area is 161 Å². The van der Waals surface area contributed by atoms with Gasteiger partial charge in [0.25, 0.3) is 5.91 Å². The van der Waals surface area contributed by atoms with Gasteiger partial charge in [0.05, 0.1) is 5.41 Å². The number of hydrogen-bond donors (Lipinski definition) is 1. The van der Waals surface area contributed by atoms with E-state index in [1.54, 1.807) is 10.3 Å². The molecule has 0 saturated carbocycles. The number of carbonyl (C=O) groups is 2. The van der Waals surface area contributed by atoms with Gasteiger partial charge in [-0.05, 0) is 12.0 Å². The van der Waals surface area contributed by atoms with E-state index < -0.39 is 5.41 Å². The third-order valence-corrected chi connectivity index (χ3v) is 5.82. The second kappa shape index (κ2) is 6.96. The van der Waals surface area contributed by atoms with E-state index in [2.05, 4.69) is 4.98 Å². The van der Waals surface area contributed by atoms with Crippen LogP contribution >= 0.6 is 11.3 Å². The Bertz CT molecular complexity index is 963. The molecular weight excluding hydrogens is 358 g/mol. The lowest BCUT2D eigenvalue weighted by atomic mass is 9.74. The molecule has 1 aromatic heterocycles. The minimum atomic E-state index is -0.699. The van der Waals surface area contributed by atoms with Crippen LogP contribution in [0.15, 0.2) is 66.0 Å². The van der Waals surface area contributed by atoms with Crippen molar-refractivity contribution in [2.24, 2.45) is 11.1 Å². The maximum Gasteiger partial charge on any atom is 0.273 e. The first kappa shape index (κ1) is 17.4. The molecule has 4 rings (SSSR count). The van der Waals surface area contributed by atoms with Crippen LogP contribution in [0.25, 0.3) is 10.6 Å². The van der Waals surface area contributed by atoms with Gasteiger partial charge >= 0.3 is 0 Å². The summed E-state index contributed by atoms with van der Waals surface area (Å²) >= 11 is 1.44. The van der Waals surface area contributed by atoms with Crippen molar-refractivity contribution in [1.29, 1.82) is 0 Å². The number of nitrogens with two attached hydrogens (primary N) is 1. The molecule has 0 unspecified atom stereocenters. The molecule has 2 N–H and O–H groups in total. The van der Waals surface area contributed by atoms with Gasteiger partial charge in [-0.15, -0.1) is 11.3 Å². The standard InChI is InChI=1S/C21H19N3O2S/c22-20(26)21(11-15-7-3-1-4-8-15)13-24(14-21)19(25)17-12-27-18(23-17)16-9-5-2-6-10-16/h1-10,12H,11,13-14H2,(H2,22,26). The zero-order valence-corrected chi connectivity index (χ0v) is 15.5. The van der Waals surface area contributed by atoms with E-state index in [0.717, 1.165) is 16.1 Å². The van der Waals surface area contributed by atoms with Gasteiger partial charge in [-0.25, -0.2) is 4.98 Å². The van der Waals surface area contributed by atoms with Gasteiger partial charge < -0.3 is 10.6 Å². The van der Waals surface area contributed by atoms with Gasteiger partial charge in [-0.2, -0.15) is 0 Å². The second-order valence-electron chi connectivity index (χ2n) is 6.87. The van der Waals surface area contributed by atoms with Crippen LogP contribution < -0.4 is 5.73 Å². The summed E-state index contributed by atoms with van der Waals surface area (Å²) in [5, 5.41) is 2.58. The molecule has 2 amide bonds. The monoisotopic (exact) mass is 377 g/mol. The van der Waals surface area contributed by atoms with E-state index in [4.69, 9.17) is 5.73 Å². The molecule has 2 heterocycles. The lowest BCUT2D eigenvalue weighted by molar-refractivity contribution is -0.135. The molecule has 5 nitrogen and oxygen atoms in total. The van der Waals surface area contributed by atoms with Crippen LogP contribution in [0.5, 0.6) is 0 Å². The van der Waals surface area contributed by atoms with E-state index in [1.165, 1.54) is 11.3 Å². The van der Waals surface area contributed by atoms with Crippen LogP contribution in [0.4, 0.5) is 0 Å². The molecule has 0 spiro atoms. The molecule has 0 bridgehead atoms. The Hall–Kier alpha value is -2.99. The largest absolute Gasteiger partial charge is 0.369 e. The fourth-order valence-electron chi connectivity index (χ4n) is 3.42. The van der Waals surface area contributed by atoms with Crippen LogP contribution in [0.3, 0.4) is 0 Å². The zero-order valence-electron chi connectivity index (χ0n) is 14.7. The van der Waals surface area contributed by atoms with Gasteiger partial charge in [0.2, 0.25) is 5.91 Å². The van der Waals surface area contributed by atoms with Crippen LogP contribution in [0.2, 0.25) is 0 Å². The predicted molar refractivity (Wildman–Crippen MR) is 105 cm³/mol. The van der Waals surface area contributed by atoms with Gasteiger partial charge in [0, 0.05) is 24.0 Å². The zero-order chi connectivity index (χ0) is 18.9. The minimum absolute atomic E-state index is 0.154. The number of primary amides is 1. The summed E-state index contributed by atoms with van der Waals surface area (Å²) in [4.78, 5) is 30.9. The summed E-state index contributed by atoms with van der Waals surface area (Å²) < 4.78 is 0. The van der Waals surface area contributed by atoms with E-state index in [-0.39, 0.29) is 11.8 Å². The first-order valence-electron chi connectivity index (χ1n) is 8.71. The Morgan fingerprint density at radius 3 is 2.30 bits per heavy atom. The molecular formula is C21H19N3O2S. The van der Waals surface area contributed by atoms with Crippen molar-refractivity contribution in [1.82, 2.24) is 9.88 Å². The Morgan fingerprint density at radius 1 is 1.04 bits per heavy atom. The molecule has 0 aliphatic carbocycles. The molecule has 0 radical (unpaired) electrons. The van der Waals surface area contributed by atoms with Gasteiger partial charge in [0.1, 0.15) is 10.7 Å². The maximum absolute atomic E-state index is 12.8. The van der Waals surface area contributed by atoms with Crippen molar-refractivity contribution >= 4 is 23.2 Å². The summed E-state index contributed by atoms with van der Waals surface area (Å²) in [6.07, 6.45) is 0.541. The van der Waals surface area contributed by atoms with E-state index in [1.807, 2.05) is 60.7 Å². The van der Waals surface area contributed by atoms with Crippen molar-refractivity contribution < 1.29 is 9.59 Å². The summed E-state index contributed by atoms with van der Waals surface area (Å²) in [6.45, 7) is 0.655. The number of carbonyl (C=O) groups excluding carboxylic acids is 2. The first-order chi connectivity index (χ1) is 13.1. The highest BCUT2D eigenvalue weighted by molar-refractivity contribution is 7.13. The Morgan fingerprint density at radius 2 is 1.67 bits per heavy atom. The summed E-state index contributed by atoms with van der Waals surface area (Å²) in [5.41, 5.74) is 7.42. The SMILES string of the molecule is NC(=O)C1(Cc2ccccc2)CN(C(=O)c2csc(-c3ccccc3)n2)C1. The molecule has 0 atom stereocenters. The molecule has 1 fully saturated rings. The predicted octanol–water partition coefficient (Wildman–Crippen LogP) is 2.98. The van der Waals surface area contributed by atoms with Gasteiger partial charge in [0.15, 0.2) is 0 Å². The van der Waals surface area contributed by atoms with E-state index in [0.29, 0.717) is 25.2 Å². The topological polar surface area (TPSA) is 76.3 Å². The average molecular weight is 377 g/mol. The highest BCUT2D eigenvalue weighted by atomic mass is 32.1. The average Bonchev–Trinajstić information content (AvgIpc) is 3.15. The fraction of sp³-hybridized carbons (Fsp3) is 0.190. The molecule has 3 aromatic rings. The van der Waals surface area contributed by atoms with Crippen molar-refractivity contribution in [3.05, 3.63) is 77.3 Å². The van der Waals surface area contributed by atoms with Crippen molar-refractivity contribution in [2.75, 3.05) is 13.1 Å². The Balaban J connectivity index is 1.47. The molecule has 1 saturated heterocycles. The normalized spacial score (nSPS) is 15.2. The van der Waals surface area contributed by atoms with Crippen LogP contribution in [-0.4, -0.2) is 34.8 Å².